The van der Waals surface area contributed by atoms with Gasteiger partial charge >= 0.3 is 6.09 Å². The Labute approximate surface area is 76.8 Å². The van der Waals surface area contributed by atoms with Crippen LogP contribution in [0.1, 0.15) is 19.3 Å². The number of carboxylic acid groups (broad SMARTS) is 1. The molecule has 0 aromatic heterocycles. The van der Waals surface area contributed by atoms with Crippen molar-refractivity contribution in [3.63, 3.8) is 0 Å². The van der Waals surface area contributed by atoms with Gasteiger partial charge in [-0.05, 0) is 6.42 Å². The van der Waals surface area contributed by atoms with Gasteiger partial charge in [-0.2, -0.15) is 0 Å². The highest BCUT2D eigenvalue weighted by atomic mass is 16.4. The van der Waals surface area contributed by atoms with Crippen molar-refractivity contribution >= 4 is 11.9 Å². The van der Waals surface area contributed by atoms with Crippen molar-refractivity contribution in [2.24, 2.45) is 0 Å². The van der Waals surface area contributed by atoms with Gasteiger partial charge in [0.1, 0.15) is 5.78 Å². The molecule has 0 spiro atoms. The second-order valence-electron chi connectivity index (χ2n) is 3.15. The molecule has 1 aliphatic heterocycles. The first-order valence-electron chi connectivity index (χ1n) is 4.27. The third kappa shape index (κ3) is 2.31. The van der Waals surface area contributed by atoms with E-state index in [2.05, 4.69) is 6.58 Å². The predicted molar refractivity (Wildman–Crippen MR) is 47.6 cm³/mol. The highest BCUT2D eigenvalue weighted by Gasteiger charge is 2.29. The van der Waals surface area contributed by atoms with Gasteiger partial charge in [0.05, 0.1) is 0 Å². The normalized spacial score (nSPS) is 22.9. The smallest absolute Gasteiger partial charge is 0.407 e. The third-order valence-electron chi connectivity index (χ3n) is 2.22. The van der Waals surface area contributed by atoms with Gasteiger partial charge in [0.2, 0.25) is 0 Å². The average molecular weight is 183 g/mol. The number of nitrogens with zero attached hydrogens (tertiary/aromatic N) is 1. The molecule has 1 N–H and O–H groups in total. The molecule has 4 nitrogen and oxygen atoms in total. The Morgan fingerprint density at radius 2 is 2.46 bits per heavy atom. The van der Waals surface area contributed by atoms with Crippen molar-refractivity contribution < 1.29 is 14.7 Å². The Kier molecular flexibility index (Phi) is 3.06. The fourth-order valence-corrected chi connectivity index (χ4v) is 1.56. The number of carbonyl (C=O) groups excluding carboxylic acids is 1. The van der Waals surface area contributed by atoms with E-state index in [0.717, 1.165) is 0 Å². The van der Waals surface area contributed by atoms with Gasteiger partial charge in [0.25, 0.3) is 0 Å². The largest absolute Gasteiger partial charge is 0.465 e. The van der Waals surface area contributed by atoms with Crippen molar-refractivity contribution in [1.29, 1.82) is 0 Å². The molecule has 0 saturated carbocycles. The number of Topliss-reactive ketones (excluding diaryl/α,β-unsaturated/α-hetero) is 1. The topological polar surface area (TPSA) is 57.6 Å². The molecule has 0 aromatic rings. The molecule has 1 fully saturated rings. The van der Waals surface area contributed by atoms with Crippen LogP contribution in [-0.2, 0) is 4.79 Å². The molecule has 0 radical (unpaired) electrons. The van der Waals surface area contributed by atoms with Crippen molar-refractivity contribution in [3.8, 4) is 0 Å². The maximum atomic E-state index is 11.1. The van der Waals surface area contributed by atoms with E-state index in [4.69, 9.17) is 5.11 Å². The monoisotopic (exact) mass is 183 g/mol. The molecule has 72 valence electrons. The summed E-state index contributed by atoms with van der Waals surface area (Å²) in [6.07, 6.45) is 1.94. The second kappa shape index (κ2) is 4.07. The van der Waals surface area contributed by atoms with Crippen LogP contribution in [0, 0.1) is 0 Å². The van der Waals surface area contributed by atoms with E-state index < -0.39 is 6.09 Å². The number of likely N-dealkylation sites (tertiary alicyclic amines) is 1. The van der Waals surface area contributed by atoms with Crippen LogP contribution in [0.3, 0.4) is 0 Å². The van der Waals surface area contributed by atoms with Crippen LogP contribution in [0.2, 0.25) is 0 Å². The highest BCUT2D eigenvalue weighted by molar-refractivity contribution is 5.82. The van der Waals surface area contributed by atoms with Gasteiger partial charge in [0.15, 0.2) is 0 Å². The minimum Gasteiger partial charge on any atom is -0.465 e. The maximum Gasteiger partial charge on any atom is 0.407 e. The van der Waals surface area contributed by atoms with E-state index in [1.807, 2.05) is 0 Å². The number of carbonyl (C=O) groups is 2. The molecule has 1 unspecified atom stereocenters. The molecule has 13 heavy (non-hydrogen) atoms. The standard InChI is InChI=1S/C9H13NO3/c1-2-3-7-6-8(11)4-5-10(7)9(12)13/h2,7H,1,3-6H2,(H,12,13). The van der Waals surface area contributed by atoms with Crippen molar-refractivity contribution in [2.75, 3.05) is 6.54 Å². The summed E-state index contributed by atoms with van der Waals surface area (Å²) < 4.78 is 0. The van der Waals surface area contributed by atoms with Gasteiger partial charge in [0, 0.05) is 25.4 Å². The van der Waals surface area contributed by atoms with Gasteiger partial charge in [-0.25, -0.2) is 4.79 Å². The number of hydrogen-bond acceptors (Lipinski definition) is 2. The van der Waals surface area contributed by atoms with Crippen LogP contribution in [0.4, 0.5) is 4.79 Å². The van der Waals surface area contributed by atoms with E-state index in [1.165, 1.54) is 4.90 Å². The number of hydrogen-bond donors (Lipinski definition) is 1. The lowest BCUT2D eigenvalue weighted by Gasteiger charge is -2.31. The lowest BCUT2D eigenvalue weighted by atomic mass is 9.99. The summed E-state index contributed by atoms with van der Waals surface area (Å²) in [6, 6.07) is -0.198. The molecule has 1 saturated heterocycles. The Bertz CT molecular complexity index is 237. The quantitative estimate of drug-likeness (QED) is 0.656. The van der Waals surface area contributed by atoms with Crippen LogP contribution in [0.25, 0.3) is 0 Å². The minimum absolute atomic E-state index is 0.143. The summed E-state index contributed by atoms with van der Waals surface area (Å²) in [7, 11) is 0. The summed E-state index contributed by atoms with van der Waals surface area (Å²) >= 11 is 0. The first-order valence-corrected chi connectivity index (χ1v) is 4.27. The molecule has 1 amide bonds. The average Bonchev–Trinajstić information content (AvgIpc) is 2.04. The van der Waals surface area contributed by atoms with E-state index in [1.54, 1.807) is 6.08 Å². The first kappa shape index (κ1) is 9.77. The number of amides is 1. The maximum absolute atomic E-state index is 11.1. The van der Waals surface area contributed by atoms with Gasteiger partial charge in [-0.1, -0.05) is 6.08 Å². The third-order valence-corrected chi connectivity index (χ3v) is 2.22. The zero-order valence-corrected chi connectivity index (χ0v) is 7.40. The minimum atomic E-state index is -0.945. The zero-order valence-electron chi connectivity index (χ0n) is 7.40. The summed E-state index contributed by atoms with van der Waals surface area (Å²) in [5, 5.41) is 8.80. The van der Waals surface area contributed by atoms with Crippen LogP contribution in [0.15, 0.2) is 12.7 Å². The Balaban J connectivity index is 2.65. The molecule has 1 aliphatic rings. The van der Waals surface area contributed by atoms with E-state index in [9.17, 15) is 9.59 Å². The summed E-state index contributed by atoms with van der Waals surface area (Å²) in [6.45, 7) is 3.87. The number of rotatable bonds is 2. The molecule has 0 aromatic carbocycles. The fourth-order valence-electron chi connectivity index (χ4n) is 1.56. The summed E-state index contributed by atoms with van der Waals surface area (Å²) in [5.74, 6) is 0.143. The van der Waals surface area contributed by atoms with Gasteiger partial charge < -0.3 is 10.0 Å². The molecule has 1 rings (SSSR count). The summed E-state index contributed by atoms with van der Waals surface area (Å²) in [4.78, 5) is 23.1. The van der Waals surface area contributed by atoms with E-state index in [0.29, 0.717) is 25.8 Å². The Morgan fingerprint density at radius 3 is 3.00 bits per heavy atom. The predicted octanol–water partition coefficient (Wildman–Crippen LogP) is 1.27. The van der Waals surface area contributed by atoms with Gasteiger partial charge in [-0.3, -0.25) is 4.79 Å². The van der Waals surface area contributed by atoms with E-state index >= 15 is 0 Å². The first-order chi connectivity index (χ1) is 6.15. The van der Waals surface area contributed by atoms with Crippen molar-refractivity contribution in [2.45, 2.75) is 25.3 Å². The molecule has 4 heteroatoms. The van der Waals surface area contributed by atoms with Gasteiger partial charge in [-0.15, -0.1) is 6.58 Å². The molecular weight excluding hydrogens is 170 g/mol. The SMILES string of the molecule is C=CCC1CC(=O)CCN1C(=O)O. The van der Waals surface area contributed by atoms with Crippen LogP contribution in [-0.4, -0.2) is 34.5 Å². The fraction of sp³-hybridized carbons (Fsp3) is 0.556. The van der Waals surface area contributed by atoms with Crippen LogP contribution < -0.4 is 0 Å². The Morgan fingerprint density at radius 1 is 1.77 bits per heavy atom. The molecule has 1 heterocycles. The molecule has 0 bridgehead atoms. The zero-order chi connectivity index (χ0) is 9.84. The van der Waals surface area contributed by atoms with Crippen LogP contribution in [0.5, 0.6) is 0 Å². The van der Waals surface area contributed by atoms with Crippen molar-refractivity contribution in [1.82, 2.24) is 4.90 Å². The molecule has 1 atom stereocenters. The number of ketones is 1. The molecular formula is C9H13NO3. The lowest BCUT2D eigenvalue weighted by molar-refractivity contribution is -0.122. The Hall–Kier alpha value is -1.32. The van der Waals surface area contributed by atoms with Crippen molar-refractivity contribution in [3.05, 3.63) is 12.7 Å². The lowest BCUT2D eigenvalue weighted by Crippen LogP contribution is -2.45. The second-order valence-corrected chi connectivity index (χ2v) is 3.15. The number of piperidine rings is 1. The summed E-state index contributed by atoms with van der Waals surface area (Å²) in [5.41, 5.74) is 0. The van der Waals surface area contributed by atoms with E-state index in [-0.39, 0.29) is 11.8 Å². The molecule has 0 aliphatic carbocycles. The highest BCUT2D eigenvalue weighted by Crippen LogP contribution is 2.17. The van der Waals surface area contributed by atoms with Crippen LogP contribution >= 0.6 is 0 Å².